The monoisotopic (exact) mass is 622 g/mol. The standard InChI is InChI=1S/C32H33F3N6O4/c1-2-20-23(34)5-4-16-8-18(42)9-21(25(16)20)27-26(35)28-22(12-37-27)30(41-14-19(43)10-24(41)29(36)44)39-31(38-28)45-15-32-6-3-7-40(32)13-17(33)11-32/h4-5,8-9,12,17,19,24,42-43H,2-3,6-7,10-11,13-15H2,1H3,(H2,36,44)/t17-,19-,24+,32+/m1/s1. The lowest BCUT2D eigenvalue weighted by atomic mass is 9.94. The normalized spacial score (nSPS) is 25.0. The summed E-state index contributed by atoms with van der Waals surface area (Å²) in [5.41, 5.74) is 5.29. The molecule has 0 aliphatic carbocycles. The zero-order valence-corrected chi connectivity index (χ0v) is 24.6. The van der Waals surface area contributed by atoms with Crippen molar-refractivity contribution in [1.82, 2.24) is 19.9 Å². The fourth-order valence-corrected chi connectivity index (χ4v) is 7.49. The van der Waals surface area contributed by atoms with Crippen LogP contribution in [-0.4, -0.2) is 86.1 Å². The molecule has 13 heteroatoms. The van der Waals surface area contributed by atoms with E-state index in [1.165, 1.54) is 35.4 Å². The van der Waals surface area contributed by atoms with Crippen LogP contribution in [0.5, 0.6) is 11.8 Å². The molecule has 0 unspecified atom stereocenters. The van der Waals surface area contributed by atoms with Crippen LogP contribution in [0.1, 0.15) is 38.2 Å². The second-order valence-corrected chi connectivity index (χ2v) is 12.3. The number of hydrogen-bond donors (Lipinski definition) is 3. The summed E-state index contributed by atoms with van der Waals surface area (Å²) in [6.07, 6.45) is 1.78. The molecule has 3 aliphatic rings. The van der Waals surface area contributed by atoms with E-state index in [0.29, 0.717) is 35.7 Å². The minimum absolute atomic E-state index is 0.000108. The third-order valence-corrected chi connectivity index (χ3v) is 9.52. The number of aromatic nitrogens is 3. The van der Waals surface area contributed by atoms with Gasteiger partial charge in [0.25, 0.3) is 0 Å². The largest absolute Gasteiger partial charge is 0.508 e. The molecule has 1 amide bonds. The molecule has 3 aliphatic heterocycles. The Bertz CT molecular complexity index is 1840. The minimum Gasteiger partial charge on any atom is -0.508 e. The van der Waals surface area contributed by atoms with Crippen LogP contribution in [0.2, 0.25) is 0 Å². The number of fused-ring (bicyclic) bond motifs is 3. The molecule has 0 saturated carbocycles. The van der Waals surface area contributed by atoms with E-state index in [1.807, 2.05) is 0 Å². The zero-order valence-electron chi connectivity index (χ0n) is 24.6. The fraction of sp³-hybridized carbons (Fsp3) is 0.438. The van der Waals surface area contributed by atoms with Crippen molar-refractivity contribution in [3.63, 3.8) is 0 Å². The van der Waals surface area contributed by atoms with Crippen molar-refractivity contribution in [3.05, 3.63) is 47.7 Å². The fourth-order valence-electron chi connectivity index (χ4n) is 7.49. The van der Waals surface area contributed by atoms with Crippen LogP contribution in [0.25, 0.3) is 32.9 Å². The lowest BCUT2D eigenvalue weighted by Gasteiger charge is -2.31. The number of carbonyl (C=O) groups is 1. The van der Waals surface area contributed by atoms with Crippen molar-refractivity contribution in [2.75, 3.05) is 31.1 Å². The number of anilines is 1. The summed E-state index contributed by atoms with van der Waals surface area (Å²) in [4.78, 5) is 29.3. The van der Waals surface area contributed by atoms with Gasteiger partial charge in [0.1, 0.15) is 47.4 Å². The predicted octanol–water partition coefficient (Wildman–Crippen LogP) is 3.77. The number of pyridine rings is 1. The zero-order chi connectivity index (χ0) is 31.6. The van der Waals surface area contributed by atoms with Crippen LogP contribution >= 0.6 is 0 Å². The first kappa shape index (κ1) is 29.5. The van der Waals surface area contributed by atoms with Crippen molar-refractivity contribution in [2.45, 2.75) is 62.9 Å². The van der Waals surface area contributed by atoms with Gasteiger partial charge in [0.05, 0.1) is 17.0 Å². The van der Waals surface area contributed by atoms with Gasteiger partial charge in [-0.05, 0) is 60.3 Å². The Hall–Kier alpha value is -4.23. The first-order chi connectivity index (χ1) is 21.6. The van der Waals surface area contributed by atoms with Crippen molar-refractivity contribution >= 4 is 33.4 Å². The van der Waals surface area contributed by atoms with Gasteiger partial charge in [-0.25, -0.2) is 13.2 Å². The number of amides is 1. The maximum absolute atomic E-state index is 16.7. The van der Waals surface area contributed by atoms with Crippen molar-refractivity contribution in [2.24, 2.45) is 5.73 Å². The third-order valence-electron chi connectivity index (χ3n) is 9.52. The van der Waals surface area contributed by atoms with Crippen molar-refractivity contribution in [1.29, 1.82) is 0 Å². The van der Waals surface area contributed by atoms with E-state index in [2.05, 4.69) is 19.9 Å². The summed E-state index contributed by atoms with van der Waals surface area (Å²) < 4.78 is 52.2. The lowest BCUT2D eigenvalue weighted by molar-refractivity contribution is -0.119. The number of nitrogens with zero attached hydrogens (tertiary/aromatic N) is 5. The van der Waals surface area contributed by atoms with E-state index >= 15 is 4.39 Å². The molecule has 4 N–H and O–H groups in total. The Morgan fingerprint density at radius 1 is 1.22 bits per heavy atom. The van der Waals surface area contributed by atoms with Crippen LogP contribution in [0.15, 0.2) is 30.5 Å². The molecule has 0 bridgehead atoms. The number of nitrogens with two attached hydrogens (primary N) is 1. The molecule has 45 heavy (non-hydrogen) atoms. The smallest absolute Gasteiger partial charge is 0.319 e. The quantitative estimate of drug-likeness (QED) is 0.281. The number of primary amides is 1. The van der Waals surface area contributed by atoms with E-state index in [4.69, 9.17) is 10.5 Å². The van der Waals surface area contributed by atoms with Gasteiger partial charge in [-0.3, -0.25) is 14.7 Å². The number of carbonyl (C=O) groups excluding carboxylic acids is 1. The molecule has 3 fully saturated rings. The number of aryl methyl sites for hydroxylation is 1. The Labute approximate surface area is 256 Å². The number of halogens is 3. The SMILES string of the molecule is CCc1c(F)ccc2cc(O)cc(-c3ncc4c(N5C[C@H](O)C[C@H]5C(N)=O)nc(OC[C@@]56CCCN5C[C@H](F)C6)nc4c3F)c12. The maximum atomic E-state index is 16.7. The summed E-state index contributed by atoms with van der Waals surface area (Å²) in [6, 6.07) is 4.50. The molecule has 4 aromatic rings. The van der Waals surface area contributed by atoms with Crippen molar-refractivity contribution < 1.29 is 32.9 Å². The van der Waals surface area contributed by atoms with Gasteiger partial charge in [-0.2, -0.15) is 9.97 Å². The highest BCUT2D eigenvalue weighted by Crippen LogP contribution is 2.42. The number of aromatic hydroxyl groups is 1. The molecular formula is C32H33F3N6O4. The molecular weight excluding hydrogens is 589 g/mol. The van der Waals surface area contributed by atoms with Gasteiger partial charge in [0.2, 0.25) is 5.91 Å². The average molecular weight is 623 g/mol. The summed E-state index contributed by atoms with van der Waals surface area (Å²) in [7, 11) is 0. The molecule has 0 radical (unpaired) electrons. The first-order valence-electron chi connectivity index (χ1n) is 15.1. The Morgan fingerprint density at radius 3 is 2.82 bits per heavy atom. The Morgan fingerprint density at radius 2 is 2.04 bits per heavy atom. The number of phenolic OH excluding ortho intramolecular Hbond substituents is 1. The molecule has 2 aromatic carbocycles. The molecule has 236 valence electrons. The average Bonchev–Trinajstić information content (AvgIpc) is 3.67. The molecule has 0 spiro atoms. The second-order valence-electron chi connectivity index (χ2n) is 12.3. The van der Waals surface area contributed by atoms with Crippen LogP contribution in [0.4, 0.5) is 19.0 Å². The van der Waals surface area contributed by atoms with E-state index < -0.39 is 41.4 Å². The highest BCUT2D eigenvalue weighted by molar-refractivity contribution is 6.02. The Balaban J connectivity index is 1.40. The van der Waals surface area contributed by atoms with Crippen LogP contribution in [-0.2, 0) is 11.2 Å². The first-order valence-corrected chi connectivity index (χ1v) is 15.1. The number of benzene rings is 2. The van der Waals surface area contributed by atoms with Gasteiger partial charge in [0.15, 0.2) is 5.82 Å². The number of rotatable bonds is 7. The topological polar surface area (TPSA) is 138 Å². The number of alkyl halides is 1. The number of β-amino-alcohol motifs (C(OH)–C–C–N with tert-alkyl or cyclic N) is 1. The van der Waals surface area contributed by atoms with Gasteiger partial charge in [0, 0.05) is 37.7 Å². The third kappa shape index (κ3) is 4.88. The number of aliphatic hydroxyl groups is 1. The van der Waals surface area contributed by atoms with Gasteiger partial charge in [-0.1, -0.05) is 13.0 Å². The minimum atomic E-state index is -0.981. The molecule has 3 saturated heterocycles. The highest BCUT2D eigenvalue weighted by Gasteiger charge is 2.49. The molecule has 2 aromatic heterocycles. The number of aliphatic hydroxyl groups excluding tert-OH is 1. The summed E-state index contributed by atoms with van der Waals surface area (Å²) >= 11 is 0. The molecule has 7 rings (SSSR count). The number of hydrogen-bond acceptors (Lipinski definition) is 9. The lowest BCUT2D eigenvalue weighted by Crippen LogP contribution is -2.43. The predicted molar refractivity (Wildman–Crippen MR) is 161 cm³/mol. The van der Waals surface area contributed by atoms with Crippen LogP contribution in [0, 0.1) is 11.6 Å². The molecule has 5 heterocycles. The number of ether oxygens (including phenoxy) is 1. The van der Waals surface area contributed by atoms with Gasteiger partial charge < -0.3 is 25.6 Å². The molecule has 4 atom stereocenters. The van der Waals surface area contributed by atoms with E-state index in [9.17, 15) is 23.8 Å². The van der Waals surface area contributed by atoms with E-state index in [1.54, 1.807) is 6.92 Å². The summed E-state index contributed by atoms with van der Waals surface area (Å²) in [5, 5.41) is 22.0. The van der Waals surface area contributed by atoms with E-state index in [-0.39, 0.29) is 59.3 Å². The second kappa shape index (κ2) is 11.0. The van der Waals surface area contributed by atoms with E-state index in [0.717, 1.165) is 19.4 Å². The Kier molecular flexibility index (Phi) is 7.20. The number of phenols is 1. The summed E-state index contributed by atoms with van der Waals surface area (Å²) in [5.74, 6) is -2.08. The molecule has 10 nitrogen and oxygen atoms in total. The van der Waals surface area contributed by atoms with Crippen LogP contribution < -0.4 is 15.4 Å². The van der Waals surface area contributed by atoms with Gasteiger partial charge >= 0.3 is 6.01 Å². The maximum Gasteiger partial charge on any atom is 0.319 e. The van der Waals surface area contributed by atoms with Crippen molar-refractivity contribution in [3.8, 4) is 23.0 Å². The van der Waals surface area contributed by atoms with Gasteiger partial charge in [-0.15, -0.1) is 0 Å². The summed E-state index contributed by atoms with van der Waals surface area (Å²) in [6.45, 7) is 2.93. The van der Waals surface area contributed by atoms with Crippen LogP contribution in [0.3, 0.4) is 0 Å². The highest BCUT2D eigenvalue weighted by atomic mass is 19.1.